The molecule has 0 unspecified atom stereocenters. The summed E-state index contributed by atoms with van der Waals surface area (Å²) in [5, 5.41) is 1.33. The fourth-order valence-electron chi connectivity index (χ4n) is 1.41. The third-order valence-electron chi connectivity index (χ3n) is 2.08. The van der Waals surface area contributed by atoms with Gasteiger partial charge in [-0.25, -0.2) is 0 Å². The van der Waals surface area contributed by atoms with Crippen LogP contribution in [0.25, 0.3) is 5.69 Å². The van der Waals surface area contributed by atoms with Gasteiger partial charge in [0.05, 0.1) is 4.88 Å². The van der Waals surface area contributed by atoms with Crippen LogP contribution in [0.2, 0.25) is 0 Å². The van der Waals surface area contributed by atoms with E-state index in [0.29, 0.717) is 0 Å². The second kappa shape index (κ2) is 6.95. The lowest BCUT2D eigenvalue weighted by Crippen LogP contribution is -2.29. The molecule has 2 rings (SSSR count). The third-order valence-corrected chi connectivity index (χ3v) is 3.96. The number of thiazole rings is 1. The summed E-state index contributed by atoms with van der Waals surface area (Å²) in [6.45, 7) is 2.16. The number of aryl methyl sites for hydroxylation is 1. The molecule has 0 saturated carbocycles. The molecule has 0 spiro atoms. The van der Waals surface area contributed by atoms with Crippen LogP contribution < -0.4 is 4.57 Å². The highest BCUT2D eigenvalue weighted by atomic mass is 32.2. The van der Waals surface area contributed by atoms with E-state index in [1.165, 1.54) is 15.6 Å². The molecule has 1 heterocycles. The molecule has 1 nitrogen and oxygen atoms in total. The normalized spacial score (nSPS) is 10.8. The molecule has 0 aliphatic rings. The van der Waals surface area contributed by atoms with Crippen LogP contribution in [0.3, 0.4) is 0 Å². The Hall–Kier alpha value is -1.02. The van der Waals surface area contributed by atoms with Gasteiger partial charge in [0.1, 0.15) is 0 Å². The SMILES string of the molecule is CSc1c(C)sc[n+]1-c1ccccc1.F[B-](F)(F)F. The highest BCUT2D eigenvalue weighted by Gasteiger charge is 2.20. The first-order valence-electron chi connectivity index (χ1n) is 5.29. The first-order chi connectivity index (χ1) is 8.83. The Balaban J connectivity index is 0.000000312. The van der Waals surface area contributed by atoms with Crippen LogP contribution in [0.4, 0.5) is 17.3 Å². The number of nitrogens with zero attached hydrogens (tertiary/aromatic N) is 1. The zero-order valence-electron chi connectivity index (χ0n) is 10.3. The number of para-hydroxylation sites is 1. The van der Waals surface area contributed by atoms with Gasteiger partial charge >= 0.3 is 7.25 Å². The monoisotopic (exact) mass is 309 g/mol. The van der Waals surface area contributed by atoms with Crippen LogP contribution in [-0.4, -0.2) is 13.5 Å². The summed E-state index contributed by atoms with van der Waals surface area (Å²) in [4.78, 5) is 1.38. The Morgan fingerprint density at radius 3 is 2.11 bits per heavy atom. The van der Waals surface area contributed by atoms with Gasteiger partial charge in [-0.1, -0.05) is 41.3 Å². The third kappa shape index (κ3) is 5.65. The Bertz CT molecular complexity index is 507. The van der Waals surface area contributed by atoms with E-state index in [4.69, 9.17) is 0 Å². The maximum Gasteiger partial charge on any atom is 0.673 e. The van der Waals surface area contributed by atoms with Crippen molar-refractivity contribution in [2.24, 2.45) is 0 Å². The van der Waals surface area contributed by atoms with E-state index in [1.807, 2.05) is 6.07 Å². The van der Waals surface area contributed by atoms with Crippen molar-refractivity contribution in [1.82, 2.24) is 0 Å². The van der Waals surface area contributed by atoms with Crippen molar-refractivity contribution in [1.29, 1.82) is 0 Å². The van der Waals surface area contributed by atoms with Crippen LogP contribution in [0.1, 0.15) is 4.88 Å². The van der Waals surface area contributed by atoms with Gasteiger partial charge in [0.2, 0.25) is 11.2 Å². The van der Waals surface area contributed by atoms with Gasteiger partial charge in [-0.05, 0) is 13.2 Å². The van der Waals surface area contributed by atoms with Crippen molar-refractivity contribution in [2.75, 3.05) is 6.26 Å². The van der Waals surface area contributed by atoms with Gasteiger partial charge in [-0.3, -0.25) is 0 Å². The van der Waals surface area contributed by atoms with Crippen LogP contribution in [0.15, 0.2) is 40.9 Å². The number of rotatable bonds is 2. The average molecular weight is 309 g/mol. The first-order valence-corrected chi connectivity index (χ1v) is 7.40. The molecule has 0 N–H and O–H groups in total. The van der Waals surface area contributed by atoms with Gasteiger partial charge in [0, 0.05) is 12.1 Å². The number of hydrogen-bond acceptors (Lipinski definition) is 2. The van der Waals surface area contributed by atoms with Gasteiger partial charge in [-0.2, -0.15) is 0 Å². The summed E-state index contributed by atoms with van der Waals surface area (Å²) < 4.78 is 41.2. The molecule has 19 heavy (non-hydrogen) atoms. The molecule has 1 aromatic carbocycles. The van der Waals surface area contributed by atoms with Gasteiger partial charge in [0.15, 0.2) is 0 Å². The molecular formula is C11H12BF4NS2. The standard InChI is InChI=1S/C11H12NS2.BF4/c1-9-11(13-2)12(8-14-9)10-6-4-3-5-7-10;2-1(3,4)5/h3-8H,1-2H3;/q+1;-1. The summed E-state index contributed by atoms with van der Waals surface area (Å²) in [5.41, 5.74) is 3.40. The molecule has 0 aliphatic heterocycles. The van der Waals surface area contributed by atoms with E-state index in [0.717, 1.165) is 0 Å². The van der Waals surface area contributed by atoms with E-state index in [1.54, 1.807) is 23.1 Å². The highest BCUT2D eigenvalue weighted by molar-refractivity contribution is 7.98. The molecule has 8 heteroatoms. The molecule has 0 amide bonds. The summed E-state index contributed by atoms with van der Waals surface area (Å²) in [6, 6.07) is 10.4. The lowest BCUT2D eigenvalue weighted by Gasteiger charge is -1.94. The van der Waals surface area contributed by atoms with Crippen molar-refractivity contribution in [3.8, 4) is 5.69 Å². The van der Waals surface area contributed by atoms with Crippen molar-refractivity contribution >= 4 is 30.4 Å². The molecule has 0 saturated heterocycles. The van der Waals surface area contributed by atoms with Crippen LogP contribution in [0, 0.1) is 6.92 Å². The number of benzene rings is 1. The second-order valence-corrected chi connectivity index (χ2v) is 5.34. The predicted octanol–water partition coefficient (Wildman–Crippen LogP) is 4.36. The van der Waals surface area contributed by atoms with Gasteiger partial charge < -0.3 is 17.3 Å². The first kappa shape index (κ1) is 16.0. The second-order valence-electron chi connectivity index (χ2n) is 3.49. The summed E-state index contributed by atoms with van der Waals surface area (Å²) in [6.07, 6.45) is 2.12. The van der Waals surface area contributed by atoms with Crippen LogP contribution >= 0.6 is 23.1 Å². The minimum Gasteiger partial charge on any atom is -0.418 e. The zero-order valence-corrected chi connectivity index (χ0v) is 12.0. The van der Waals surface area contributed by atoms with Gasteiger partial charge in [-0.15, -0.1) is 4.57 Å². The lowest BCUT2D eigenvalue weighted by atomic mass is 10.3. The van der Waals surface area contributed by atoms with E-state index >= 15 is 0 Å². The topological polar surface area (TPSA) is 3.88 Å². The van der Waals surface area contributed by atoms with Gasteiger partial charge in [0.25, 0.3) is 5.03 Å². The van der Waals surface area contributed by atoms with Crippen molar-refractivity contribution in [3.63, 3.8) is 0 Å². The summed E-state index contributed by atoms with van der Waals surface area (Å²) in [7, 11) is -6.00. The van der Waals surface area contributed by atoms with Crippen molar-refractivity contribution in [2.45, 2.75) is 11.9 Å². The molecule has 0 aliphatic carbocycles. The maximum absolute atomic E-state index is 9.75. The number of hydrogen-bond donors (Lipinski definition) is 0. The highest BCUT2D eigenvalue weighted by Crippen LogP contribution is 2.21. The minimum atomic E-state index is -6.00. The Kier molecular flexibility index (Phi) is 5.87. The van der Waals surface area contributed by atoms with E-state index in [2.05, 4.69) is 47.5 Å². The molecule has 104 valence electrons. The molecule has 0 radical (unpaired) electrons. The number of aromatic nitrogens is 1. The van der Waals surface area contributed by atoms with E-state index < -0.39 is 7.25 Å². The summed E-state index contributed by atoms with van der Waals surface area (Å²) in [5.74, 6) is 0. The quantitative estimate of drug-likeness (QED) is 0.345. The Morgan fingerprint density at radius 2 is 1.63 bits per heavy atom. The van der Waals surface area contributed by atoms with Crippen LogP contribution in [0.5, 0.6) is 0 Å². The Morgan fingerprint density at radius 1 is 1.11 bits per heavy atom. The number of thioether (sulfide) groups is 1. The molecular weight excluding hydrogens is 297 g/mol. The summed E-state index contributed by atoms with van der Waals surface area (Å²) >= 11 is 3.59. The largest absolute Gasteiger partial charge is 0.673 e. The molecule has 0 bridgehead atoms. The van der Waals surface area contributed by atoms with E-state index in [9.17, 15) is 17.3 Å². The zero-order chi connectivity index (χ0) is 14.5. The van der Waals surface area contributed by atoms with E-state index in [-0.39, 0.29) is 0 Å². The number of halogens is 4. The van der Waals surface area contributed by atoms with Crippen molar-refractivity contribution < 1.29 is 21.8 Å². The average Bonchev–Trinajstić information content (AvgIpc) is 2.69. The Labute approximate surface area is 117 Å². The fraction of sp³-hybridized carbons (Fsp3) is 0.182. The predicted molar refractivity (Wildman–Crippen MR) is 72.6 cm³/mol. The fourth-order valence-corrected chi connectivity index (χ4v) is 3.20. The maximum atomic E-state index is 9.75. The minimum absolute atomic E-state index is 1.24. The van der Waals surface area contributed by atoms with Crippen LogP contribution in [-0.2, 0) is 0 Å². The lowest BCUT2D eigenvalue weighted by molar-refractivity contribution is -0.630. The smallest absolute Gasteiger partial charge is 0.418 e. The molecule has 2 aromatic rings. The van der Waals surface area contributed by atoms with Crippen molar-refractivity contribution in [3.05, 3.63) is 40.7 Å². The molecule has 0 fully saturated rings. The molecule has 0 atom stereocenters. The molecule has 1 aromatic heterocycles.